The monoisotopic (exact) mass is 278 g/mol. The Bertz CT molecular complexity index is 438. The average molecular weight is 278 g/mol. The molecule has 0 heterocycles. The predicted molar refractivity (Wildman–Crippen MR) is 81.4 cm³/mol. The first-order valence-corrected chi connectivity index (χ1v) is 7.07. The van der Waals surface area contributed by atoms with Gasteiger partial charge in [0.15, 0.2) is 0 Å². The molecule has 1 aromatic rings. The Balaban J connectivity index is 2.42. The van der Waals surface area contributed by atoms with E-state index in [1.165, 1.54) is 5.56 Å². The van der Waals surface area contributed by atoms with Crippen LogP contribution in [-0.4, -0.2) is 41.1 Å². The Morgan fingerprint density at radius 3 is 2.65 bits per heavy atom. The van der Waals surface area contributed by atoms with Crippen LogP contribution in [0.2, 0.25) is 0 Å². The lowest BCUT2D eigenvalue weighted by Crippen LogP contribution is -2.43. The van der Waals surface area contributed by atoms with Crippen molar-refractivity contribution in [3.8, 4) is 0 Å². The van der Waals surface area contributed by atoms with E-state index in [1.54, 1.807) is 13.8 Å². The first-order valence-electron chi connectivity index (χ1n) is 7.07. The van der Waals surface area contributed by atoms with E-state index in [4.69, 9.17) is 0 Å². The zero-order valence-electron chi connectivity index (χ0n) is 12.9. The Morgan fingerprint density at radius 2 is 2.10 bits per heavy atom. The van der Waals surface area contributed by atoms with Crippen molar-refractivity contribution in [3.05, 3.63) is 35.4 Å². The van der Waals surface area contributed by atoms with Gasteiger partial charge in [-0.1, -0.05) is 36.8 Å². The van der Waals surface area contributed by atoms with Crippen LogP contribution in [0, 0.1) is 6.92 Å². The van der Waals surface area contributed by atoms with Crippen LogP contribution in [0.5, 0.6) is 0 Å². The van der Waals surface area contributed by atoms with Crippen molar-refractivity contribution in [3.63, 3.8) is 0 Å². The lowest BCUT2D eigenvalue weighted by molar-refractivity contribution is -0.123. The molecule has 4 heteroatoms. The van der Waals surface area contributed by atoms with Gasteiger partial charge >= 0.3 is 0 Å². The van der Waals surface area contributed by atoms with Gasteiger partial charge in [0.25, 0.3) is 0 Å². The van der Waals surface area contributed by atoms with Gasteiger partial charge in [-0.2, -0.15) is 0 Å². The third-order valence-corrected chi connectivity index (χ3v) is 3.00. The van der Waals surface area contributed by atoms with E-state index in [9.17, 15) is 9.90 Å². The molecule has 0 unspecified atom stereocenters. The number of hydrogen-bond acceptors (Lipinski definition) is 3. The number of nitrogens with zero attached hydrogens (tertiary/aromatic N) is 1. The lowest BCUT2D eigenvalue weighted by atomic mass is 10.1. The molecule has 0 spiro atoms. The molecule has 20 heavy (non-hydrogen) atoms. The molecule has 2 N–H and O–H groups in total. The summed E-state index contributed by atoms with van der Waals surface area (Å²) in [5, 5.41) is 12.7. The van der Waals surface area contributed by atoms with Gasteiger partial charge in [-0.3, -0.25) is 9.69 Å². The highest BCUT2D eigenvalue weighted by molar-refractivity contribution is 5.78. The first kappa shape index (κ1) is 16.7. The fraction of sp³-hybridized carbons (Fsp3) is 0.562. The summed E-state index contributed by atoms with van der Waals surface area (Å²) in [4.78, 5) is 13.9. The molecule has 1 rings (SSSR count). The van der Waals surface area contributed by atoms with Gasteiger partial charge < -0.3 is 10.4 Å². The van der Waals surface area contributed by atoms with Crippen LogP contribution in [-0.2, 0) is 11.3 Å². The van der Waals surface area contributed by atoms with Gasteiger partial charge in [-0.15, -0.1) is 0 Å². The van der Waals surface area contributed by atoms with Crippen molar-refractivity contribution >= 4 is 5.91 Å². The number of likely N-dealkylation sites (N-methyl/N-ethyl adjacent to an activating group) is 1. The summed E-state index contributed by atoms with van der Waals surface area (Å²) in [6, 6.07) is 8.09. The van der Waals surface area contributed by atoms with Crippen molar-refractivity contribution < 1.29 is 9.90 Å². The topological polar surface area (TPSA) is 52.6 Å². The Kier molecular flexibility index (Phi) is 6.17. The molecule has 0 aliphatic heterocycles. The molecular formula is C16H26N2O2. The molecule has 112 valence electrons. The van der Waals surface area contributed by atoms with E-state index in [0.29, 0.717) is 19.6 Å². The molecule has 0 aliphatic carbocycles. The number of benzene rings is 1. The minimum Gasteiger partial charge on any atom is -0.389 e. The summed E-state index contributed by atoms with van der Waals surface area (Å²) in [6.07, 6.45) is 0. The van der Waals surface area contributed by atoms with E-state index in [1.807, 2.05) is 36.9 Å². The van der Waals surface area contributed by atoms with Crippen LogP contribution in [0.15, 0.2) is 24.3 Å². The molecule has 1 aromatic carbocycles. The van der Waals surface area contributed by atoms with Gasteiger partial charge in [0.2, 0.25) is 5.91 Å². The SMILES string of the molecule is CCN(CC(=O)NCc1cccc(C)c1)CC(C)(C)O. The van der Waals surface area contributed by atoms with Crippen molar-refractivity contribution in [1.82, 2.24) is 10.2 Å². The minimum atomic E-state index is -0.785. The summed E-state index contributed by atoms with van der Waals surface area (Å²) >= 11 is 0. The van der Waals surface area contributed by atoms with Crippen LogP contribution < -0.4 is 5.32 Å². The Labute approximate surface area is 121 Å². The Morgan fingerprint density at radius 1 is 1.40 bits per heavy atom. The molecule has 0 radical (unpaired) electrons. The predicted octanol–water partition coefficient (Wildman–Crippen LogP) is 1.70. The van der Waals surface area contributed by atoms with E-state index in [2.05, 4.69) is 11.4 Å². The number of aliphatic hydroxyl groups is 1. The number of carbonyl (C=O) groups is 1. The van der Waals surface area contributed by atoms with E-state index < -0.39 is 5.60 Å². The van der Waals surface area contributed by atoms with Crippen LogP contribution in [0.3, 0.4) is 0 Å². The molecule has 0 saturated carbocycles. The molecule has 0 aliphatic rings. The minimum absolute atomic E-state index is 0.0161. The maximum atomic E-state index is 11.9. The molecule has 0 aromatic heterocycles. The fourth-order valence-corrected chi connectivity index (χ4v) is 2.11. The highest BCUT2D eigenvalue weighted by Crippen LogP contribution is 2.05. The highest BCUT2D eigenvalue weighted by atomic mass is 16.3. The van der Waals surface area contributed by atoms with E-state index in [0.717, 1.165) is 12.1 Å². The summed E-state index contributed by atoms with van der Waals surface area (Å²) in [7, 11) is 0. The van der Waals surface area contributed by atoms with Gasteiger partial charge in [-0.05, 0) is 32.9 Å². The molecule has 1 amide bonds. The van der Waals surface area contributed by atoms with Crippen LogP contribution in [0.1, 0.15) is 31.9 Å². The zero-order valence-corrected chi connectivity index (χ0v) is 12.9. The van der Waals surface area contributed by atoms with E-state index >= 15 is 0 Å². The fourth-order valence-electron chi connectivity index (χ4n) is 2.11. The van der Waals surface area contributed by atoms with Crippen LogP contribution in [0.25, 0.3) is 0 Å². The highest BCUT2D eigenvalue weighted by Gasteiger charge is 2.18. The Hall–Kier alpha value is -1.39. The molecular weight excluding hydrogens is 252 g/mol. The van der Waals surface area contributed by atoms with Crippen LogP contribution >= 0.6 is 0 Å². The van der Waals surface area contributed by atoms with Crippen molar-refractivity contribution in [2.75, 3.05) is 19.6 Å². The second kappa shape index (κ2) is 7.41. The number of carbonyl (C=O) groups excluding carboxylic acids is 1. The lowest BCUT2D eigenvalue weighted by Gasteiger charge is -2.27. The molecule has 0 fully saturated rings. The van der Waals surface area contributed by atoms with Crippen LogP contribution in [0.4, 0.5) is 0 Å². The van der Waals surface area contributed by atoms with Gasteiger partial charge in [0.1, 0.15) is 0 Å². The summed E-state index contributed by atoms with van der Waals surface area (Å²) in [5.41, 5.74) is 1.50. The summed E-state index contributed by atoms with van der Waals surface area (Å²) < 4.78 is 0. The number of amides is 1. The maximum absolute atomic E-state index is 11.9. The van der Waals surface area contributed by atoms with Crippen molar-refractivity contribution in [2.24, 2.45) is 0 Å². The zero-order chi connectivity index (χ0) is 15.2. The number of nitrogens with one attached hydrogen (secondary N) is 1. The largest absolute Gasteiger partial charge is 0.389 e. The maximum Gasteiger partial charge on any atom is 0.234 e. The summed E-state index contributed by atoms with van der Waals surface area (Å²) in [6.45, 7) is 9.60. The normalized spacial score (nSPS) is 11.7. The third-order valence-electron chi connectivity index (χ3n) is 3.00. The number of hydrogen-bond donors (Lipinski definition) is 2. The quantitative estimate of drug-likeness (QED) is 0.798. The molecule has 4 nitrogen and oxygen atoms in total. The van der Waals surface area contributed by atoms with Crippen molar-refractivity contribution in [1.29, 1.82) is 0 Å². The summed E-state index contributed by atoms with van der Waals surface area (Å²) in [5.74, 6) is -0.0161. The number of rotatable bonds is 7. The van der Waals surface area contributed by atoms with E-state index in [-0.39, 0.29) is 5.91 Å². The number of aryl methyl sites for hydroxylation is 1. The molecule has 0 bridgehead atoms. The molecule has 0 atom stereocenters. The standard InChI is InChI=1S/C16H26N2O2/c1-5-18(12-16(3,4)20)11-15(19)17-10-14-8-6-7-13(2)9-14/h6-9,20H,5,10-12H2,1-4H3,(H,17,19). The molecule has 0 saturated heterocycles. The van der Waals surface area contributed by atoms with Crippen molar-refractivity contribution in [2.45, 2.75) is 39.8 Å². The smallest absolute Gasteiger partial charge is 0.234 e. The second-order valence-electron chi connectivity index (χ2n) is 5.88. The van der Waals surface area contributed by atoms with Gasteiger partial charge in [-0.25, -0.2) is 0 Å². The van der Waals surface area contributed by atoms with Gasteiger partial charge in [0, 0.05) is 13.1 Å². The first-order chi connectivity index (χ1) is 9.30. The second-order valence-corrected chi connectivity index (χ2v) is 5.88. The average Bonchev–Trinajstić information content (AvgIpc) is 2.34. The van der Waals surface area contributed by atoms with Gasteiger partial charge in [0.05, 0.1) is 12.1 Å². The third kappa shape index (κ3) is 6.68.